The molecule has 6 heteroatoms. The molecule has 0 bridgehead atoms. The summed E-state index contributed by atoms with van der Waals surface area (Å²) in [5, 5.41) is 12.9. The molecule has 1 rings (SSSR count). The summed E-state index contributed by atoms with van der Waals surface area (Å²) < 4.78 is 10.7. The first-order valence-corrected chi connectivity index (χ1v) is 8.71. The van der Waals surface area contributed by atoms with Gasteiger partial charge in [0.15, 0.2) is 0 Å². The molecule has 142 valence electrons. The summed E-state index contributed by atoms with van der Waals surface area (Å²) in [5.41, 5.74) is 3.03. The number of nitrogens with zero attached hydrogens (tertiary/aromatic N) is 1. The molecule has 25 heavy (non-hydrogen) atoms. The fourth-order valence-electron chi connectivity index (χ4n) is 2.36. The largest absolute Gasteiger partial charge is 0.389 e. The van der Waals surface area contributed by atoms with Gasteiger partial charge in [-0.05, 0) is 51.9 Å². The van der Waals surface area contributed by atoms with Crippen molar-refractivity contribution < 1.29 is 19.4 Å². The summed E-state index contributed by atoms with van der Waals surface area (Å²) in [7, 11) is 1.80. The molecule has 1 atom stereocenters. The second-order valence-electron chi connectivity index (χ2n) is 6.64. The lowest BCUT2D eigenvalue weighted by Gasteiger charge is -2.20. The zero-order valence-corrected chi connectivity index (χ0v) is 16.0. The fourth-order valence-corrected chi connectivity index (χ4v) is 2.36. The summed E-state index contributed by atoms with van der Waals surface area (Å²) in [6, 6.07) is 5.83. The number of carbonyl (C=O) groups is 1. The number of aliphatic hydroxyl groups is 1. The van der Waals surface area contributed by atoms with Crippen LogP contribution in [-0.4, -0.2) is 68.1 Å². The highest BCUT2D eigenvalue weighted by Crippen LogP contribution is 2.17. The van der Waals surface area contributed by atoms with Crippen LogP contribution in [0, 0.1) is 13.8 Å². The molecule has 0 aromatic heterocycles. The zero-order chi connectivity index (χ0) is 18.8. The minimum absolute atomic E-state index is 0.102. The Kier molecular flexibility index (Phi) is 9.67. The number of rotatable bonds is 11. The van der Waals surface area contributed by atoms with Crippen LogP contribution >= 0.6 is 0 Å². The number of carbonyl (C=O) groups excluding carboxylic acids is 1. The van der Waals surface area contributed by atoms with Crippen molar-refractivity contribution in [2.45, 2.75) is 39.9 Å². The van der Waals surface area contributed by atoms with Gasteiger partial charge in [0.2, 0.25) is 5.91 Å². The highest BCUT2D eigenvalue weighted by atomic mass is 16.5. The fraction of sp³-hybridized carbons (Fsp3) is 0.632. The SMILES string of the molecule is Cc1cccc(NC(=O)CN(C)CC(O)COCCOC(C)C)c1C. The molecular weight excluding hydrogens is 320 g/mol. The zero-order valence-electron chi connectivity index (χ0n) is 16.0. The Hall–Kier alpha value is -1.47. The Morgan fingerprint density at radius 3 is 2.68 bits per heavy atom. The molecule has 1 aromatic carbocycles. The van der Waals surface area contributed by atoms with Crippen LogP contribution < -0.4 is 5.32 Å². The van der Waals surface area contributed by atoms with Gasteiger partial charge in [0, 0.05) is 12.2 Å². The third-order valence-corrected chi connectivity index (χ3v) is 3.80. The van der Waals surface area contributed by atoms with E-state index in [1.807, 2.05) is 45.9 Å². The Bertz CT molecular complexity index is 534. The first-order chi connectivity index (χ1) is 11.8. The van der Waals surface area contributed by atoms with Gasteiger partial charge in [-0.1, -0.05) is 12.1 Å². The molecule has 1 aromatic rings. The molecule has 0 spiro atoms. The van der Waals surface area contributed by atoms with Crippen molar-refractivity contribution >= 4 is 11.6 Å². The van der Waals surface area contributed by atoms with Crippen LogP contribution in [0.25, 0.3) is 0 Å². The Morgan fingerprint density at radius 1 is 1.28 bits per heavy atom. The topological polar surface area (TPSA) is 71.0 Å². The van der Waals surface area contributed by atoms with E-state index in [0.29, 0.717) is 19.8 Å². The quantitative estimate of drug-likeness (QED) is 0.596. The molecule has 1 amide bonds. The van der Waals surface area contributed by atoms with Crippen LogP contribution in [0.1, 0.15) is 25.0 Å². The number of hydrogen-bond acceptors (Lipinski definition) is 5. The van der Waals surface area contributed by atoms with Gasteiger partial charge in [-0.3, -0.25) is 9.69 Å². The smallest absolute Gasteiger partial charge is 0.238 e. The lowest BCUT2D eigenvalue weighted by atomic mass is 10.1. The predicted octanol–water partition coefficient (Wildman–Crippen LogP) is 1.98. The van der Waals surface area contributed by atoms with Gasteiger partial charge < -0.3 is 19.9 Å². The van der Waals surface area contributed by atoms with E-state index >= 15 is 0 Å². The lowest BCUT2D eigenvalue weighted by molar-refractivity contribution is -0.117. The second kappa shape index (κ2) is 11.2. The minimum atomic E-state index is -0.641. The Labute approximate surface area is 151 Å². The minimum Gasteiger partial charge on any atom is -0.389 e. The molecular formula is C19H32N2O4. The summed E-state index contributed by atoms with van der Waals surface area (Å²) in [6.07, 6.45) is -0.465. The molecule has 0 saturated carbocycles. The summed E-state index contributed by atoms with van der Waals surface area (Å²) in [5.74, 6) is -0.102. The number of anilines is 1. The van der Waals surface area contributed by atoms with E-state index in [1.165, 1.54) is 0 Å². The summed E-state index contributed by atoms with van der Waals surface area (Å²) in [6.45, 7) is 9.69. The van der Waals surface area contributed by atoms with Crippen molar-refractivity contribution in [3.05, 3.63) is 29.3 Å². The normalized spacial score (nSPS) is 12.6. The number of hydrogen-bond donors (Lipinski definition) is 2. The summed E-state index contributed by atoms with van der Waals surface area (Å²) >= 11 is 0. The highest BCUT2D eigenvalue weighted by Gasteiger charge is 2.13. The van der Waals surface area contributed by atoms with E-state index in [-0.39, 0.29) is 25.2 Å². The number of ether oxygens (including phenoxy) is 2. The van der Waals surface area contributed by atoms with Gasteiger partial charge in [0.25, 0.3) is 0 Å². The monoisotopic (exact) mass is 352 g/mol. The lowest BCUT2D eigenvalue weighted by Crippen LogP contribution is -2.37. The maximum absolute atomic E-state index is 12.1. The van der Waals surface area contributed by atoms with E-state index in [2.05, 4.69) is 5.32 Å². The van der Waals surface area contributed by atoms with Gasteiger partial charge >= 0.3 is 0 Å². The van der Waals surface area contributed by atoms with Crippen LogP contribution in [-0.2, 0) is 14.3 Å². The van der Waals surface area contributed by atoms with Crippen LogP contribution in [0.3, 0.4) is 0 Å². The average Bonchev–Trinajstić information content (AvgIpc) is 2.50. The van der Waals surface area contributed by atoms with Crippen molar-refractivity contribution in [2.75, 3.05) is 45.3 Å². The molecule has 0 radical (unpaired) electrons. The second-order valence-corrected chi connectivity index (χ2v) is 6.64. The molecule has 0 aliphatic heterocycles. The van der Waals surface area contributed by atoms with Crippen molar-refractivity contribution in [2.24, 2.45) is 0 Å². The number of amides is 1. The molecule has 0 aliphatic rings. The average molecular weight is 352 g/mol. The van der Waals surface area contributed by atoms with Crippen molar-refractivity contribution in [1.29, 1.82) is 0 Å². The van der Waals surface area contributed by atoms with Crippen molar-refractivity contribution in [3.63, 3.8) is 0 Å². The molecule has 2 N–H and O–H groups in total. The molecule has 1 unspecified atom stereocenters. The predicted molar refractivity (Wildman–Crippen MR) is 100.0 cm³/mol. The van der Waals surface area contributed by atoms with E-state index < -0.39 is 6.10 Å². The van der Waals surface area contributed by atoms with E-state index in [1.54, 1.807) is 11.9 Å². The molecule has 0 heterocycles. The summed E-state index contributed by atoms with van der Waals surface area (Å²) in [4.78, 5) is 13.9. The third kappa shape index (κ3) is 8.97. The Morgan fingerprint density at radius 2 is 2.00 bits per heavy atom. The standard InChI is InChI=1S/C19H32N2O4/c1-14(2)25-10-9-24-13-17(22)11-21(5)12-19(23)20-18-8-6-7-15(3)16(18)4/h6-8,14,17,22H,9-13H2,1-5H3,(H,20,23). The Balaban J connectivity index is 2.27. The van der Waals surface area contributed by atoms with Crippen molar-refractivity contribution in [1.82, 2.24) is 4.90 Å². The number of nitrogens with one attached hydrogen (secondary N) is 1. The molecule has 0 fully saturated rings. The van der Waals surface area contributed by atoms with Crippen LogP contribution in [0.15, 0.2) is 18.2 Å². The van der Waals surface area contributed by atoms with Crippen LogP contribution in [0.2, 0.25) is 0 Å². The number of aryl methyl sites for hydroxylation is 1. The highest BCUT2D eigenvalue weighted by molar-refractivity contribution is 5.93. The van der Waals surface area contributed by atoms with Gasteiger partial charge in [0.1, 0.15) is 0 Å². The van der Waals surface area contributed by atoms with Crippen LogP contribution in [0.4, 0.5) is 5.69 Å². The van der Waals surface area contributed by atoms with Crippen molar-refractivity contribution in [3.8, 4) is 0 Å². The number of likely N-dealkylation sites (N-methyl/N-ethyl adjacent to an activating group) is 1. The van der Waals surface area contributed by atoms with E-state index in [0.717, 1.165) is 16.8 Å². The first-order valence-electron chi connectivity index (χ1n) is 8.71. The maximum atomic E-state index is 12.1. The molecule has 0 saturated heterocycles. The molecule has 0 aliphatic carbocycles. The van der Waals surface area contributed by atoms with E-state index in [4.69, 9.17) is 9.47 Å². The first kappa shape index (κ1) is 21.6. The molecule has 6 nitrogen and oxygen atoms in total. The van der Waals surface area contributed by atoms with Gasteiger partial charge in [0.05, 0.1) is 38.6 Å². The maximum Gasteiger partial charge on any atom is 0.238 e. The van der Waals surface area contributed by atoms with Gasteiger partial charge in [-0.2, -0.15) is 0 Å². The third-order valence-electron chi connectivity index (χ3n) is 3.80. The van der Waals surface area contributed by atoms with Crippen LogP contribution in [0.5, 0.6) is 0 Å². The number of benzene rings is 1. The van der Waals surface area contributed by atoms with Gasteiger partial charge in [-0.25, -0.2) is 0 Å². The van der Waals surface area contributed by atoms with E-state index in [9.17, 15) is 9.90 Å². The number of aliphatic hydroxyl groups excluding tert-OH is 1. The van der Waals surface area contributed by atoms with Gasteiger partial charge in [-0.15, -0.1) is 0 Å².